The van der Waals surface area contributed by atoms with Gasteiger partial charge in [-0.05, 0) is 60.6 Å². The second kappa shape index (κ2) is 7.21. The standard InChI is InChI=1S/C15H22ClIN2/c1-3-5-10-6-8-11(9-7-10)15-18-12(4-2)13(17)14(16)19-15/h10-11H,3-9H2,1-2H3. The summed E-state index contributed by atoms with van der Waals surface area (Å²) in [6.07, 6.45) is 8.72. The lowest BCUT2D eigenvalue weighted by Gasteiger charge is -2.27. The normalized spacial score (nSPS) is 23.6. The van der Waals surface area contributed by atoms with Crippen molar-refractivity contribution in [3.05, 3.63) is 20.2 Å². The molecule has 0 radical (unpaired) electrons. The topological polar surface area (TPSA) is 25.8 Å². The van der Waals surface area contributed by atoms with E-state index in [0.29, 0.717) is 11.1 Å². The first-order valence-corrected chi connectivity index (χ1v) is 8.83. The van der Waals surface area contributed by atoms with Gasteiger partial charge in [-0.25, -0.2) is 9.97 Å². The summed E-state index contributed by atoms with van der Waals surface area (Å²) in [5.41, 5.74) is 1.10. The highest BCUT2D eigenvalue weighted by molar-refractivity contribution is 14.1. The van der Waals surface area contributed by atoms with Gasteiger partial charge in [-0.3, -0.25) is 0 Å². The maximum atomic E-state index is 6.24. The lowest BCUT2D eigenvalue weighted by atomic mass is 9.80. The van der Waals surface area contributed by atoms with Crippen LogP contribution >= 0.6 is 34.2 Å². The highest BCUT2D eigenvalue weighted by atomic mass is 127. The van der Waals surface area contributed by atoms with Crippen molar-refractivity contribution in [2.24, 2.45) is 5.92 Å². The van der Waals surface area contributed by atoms with E-state index in [1.807, 2.05) is 0 Å². The summed E-state index contributed by atoms with van der Waals surface area (Å²) in [5, 5.41) is 0.637. The Bertz CT molecular complexity index is 428. The molecule has 1 aromatic rings. The molecule has 1 fully saturated rings. The lowest BCUT2D eigenvalue weighted by molar-refractivity contribution is 0.302. The molecule has 0 atom stereocenters. The lowest BCUT2D eigenvalue weighted by Crippen LogP contribution is -2.16. The van der Waals surface area contributed by atoms with Crippen molar-refractivity contribution < 1.29 is 0 Å². The molecule has 0 amide bonds. The molecule has 1 heterocycles. The van der Waals surface area contributed by atoms with Crippen molar-refractivity contribution in [1.29, 1.82) is 0 Å². The zero-order chi connectivity index (χ0) is 13.8. The van der Waals surface area contributed by atoms with Gasteiger partial charge in [-0.2, -0.15) is 0 Å². The molecule has 0 aliphatic heterocycles. The maximum absolute atomic E-state index is 6.24. The molecule has 2 rings (SSSR count). The van der Waals surface area contributed by atoms with Crippen LogP contribution in [0, 0.1) is 9.49 Å². The Morgan fingerprint density at radius 1 is 1.16 bits per heavy atom. The molecule has 1 aliphatic carbocycles. The zero-order valence-corrected chi connectivity index (χ0v) is 14.7. The summed E-state index contributed by atoms with van der Waals surface area (Å²) in [5.74, 6) is 2.43. The van der Waals surface area contributed by atoms with Gasteiger partial charge in [-0.1, -0.05) is 38.3 Å². The van der Waals surface area contributed by atoms with Gasteiger partial charge < -0.3 is 0 Å². The average Bonchev–Trinajstić information content (AvgIpc) is 2.43. The van der Waals surface area contributed by atoms with Gasteiger partial charge in [0.15, 0.2) is 0 Å². The van der Waals surface area contributed by atoms with Crippen LogP contribution in [0.2, 0.25) is 5.15 Å². The second-order valence-corrected chi connectivity index (χ2v) is 6.93. The summed E-state index contributed by atoms with van der Waals surface area (Å²) in [6.45, 7) is 4.41. The maximum Gasteiger partial charge on any atom is 0.146 e. The van der Waals surface area contributed by atoms with Crippen molar-refractivity contribution in [3.63, 3.8) is 0 Å². The van der Waals surface area contributed by atoms with Gasteiger partial charge >= 0.3 is 0 Å². The first-order chi connectivity index (χ1) is 9.15. The fraction of sp³-hybridized carbons (Fsp3) is 0.733. The molecule has 4 heteroatoms. The Labute approximate surface area is 134 Å². The summed E-state index contributed by atoms with van der Waals surface area (Å²) in [7, 11) is 0. The zero-order valence-electron chi connectivity index (χ0n) is 11.8. The molecule has 0 aromatic carbocycles. The van der Waals surface area contributed by atoms with E-state index in [9.17, 15) is 0 Å². The van der Waals surface area contributed by atoms with Crippen molar-refractivity contribution in [2.75, 3.05) is 0 Å². The van der Waals surface area contributed by atoms with Crippen LogP contribution in [0.4, 0.5) is 0 Å². The number of aryl methyl sites for hydroxylation is 1. The van der Waals surface area contributed by atoms with Gasteiger partial charge in [-0.15, -0.1) is 0 Å². The Morgan fingerprint density at radius 2 is 1.84 bits per heavy atom. The van der Waals surface area contributed by atoms with E-state index < -0.39 is 0 Å². The van der Waals surface area contributed by atoms with Crippen LogP contribution in [-0.4, -0.2) is 9.97 Å². The average molecular weight is 393 g/mol. The van der Waals surface area contributed by atoms with E-state index in [1.165, 1.54) is 38.5 Å². The van der Waals surface area contributed by atoms with E-state index in [0.717, 1.165) is 27.4 Å². The number of halogens is 2. The Balaban J connectivity index is 2.09. The number of hydrogen-bond acceptors (Lipinski definition) is 2. The molecule has 0 spiro atoms. The first kappa shape index (κ1) is 15.5. The molecule has 0 unspecified atom stereocenters. The summed E-state index contributed by atoms with van der Waals surface area (Å²) < 4.78 is 1.02. The van der Waals surface area contributed by atoms with Gasteiger partial charge in [0.05, 0.1) is 9.26 Å². The van der Waals surface area contributed by atoms with Crippen LogP contribution in [0.25, 0.3) is 0 Å². The highest BCUT2D eigenvalue weighted by Gasteiger charge is 2.25. The van der Waals surface area contributed by atoms with Crippen molar-refractivity contribution in [1.82, 2.24) is 9.97 Å². The molecular weight excluding hydrogens is 371 g/mol. The number of rotatable bonds is 4. The molecule has 1 saturated carbocycles. The summed E-state index contributed by atoms with van der Waals surface area (Å²) >= 11 is 8.49. The van der Waals surface area contributed by atoms with Crippen LogP contribution < -0.4 is 0 Å². The monoisotopic (exact) mass is 392 g/mol. The van der Waals surface area contributed by atoms with Crippen LogP contribution in [0.3, 0.4) is 0 Å². The quantitative estimate of drug-likeness (QED) is 0.508. The minimum Gasteiger partial charge on any atom is -0.236 e. The van der Waals surface area contributed by atoms with Gasteiger partial charge in [0.2, 0.25) is 0 Å². The molecule has 19 heavy (non-hydrogen) atoms. The highest BCUT2D eigenvalue weighted by Crippen LogP contribution is 2.37. The molecule has 1 aliphatic rings. The van der Waals surface area contributed by atoms with E-state index in [-0.39, 0.29) is 0 Å². The number of hydrogen-bond donors (Lipinski definition) is 0. The summed E-state index contributed by atoms with van der Waals surface area (Å²) in [6, 6.07) is 0. The third kappa shape index (κ3) is 3.81. The fourth-order valence-corrected chi connectivity index (χ4v) is 3.83. The van der Waals surface area contributed by atoms with Gasteiger partial charge in [0.1, 0.15) is 11.0 Å². The van der Waals surface area contributed by atoms with Crippen molar-refractivity contribution >= 4 is 34.2 Å². The fourth-order valence-electron chi connectivity index (χ4n) is 3.02. The van der Waals surface area contributed by atoms with E-state index in [1.54, 1.807) is 0 Å². The predicted molar refractivity (Wildman–Crippen MR) is 88.7 cm³/mol. The predicted octanol–water partition coefficient (Wildman–Crippen LogP) is 5.37. The molecular formula is C15H22ClIN2. The number of aromatic nitrogens is 2. The first-order valence-electron chi connectivity index (χ1n) is 7.37. The third-order valence-electron chi connectivity index (χ3n) is 4.14. The van der Waals surface area contributed by atoms with E-state index in [2.05, 4.69) is 41.4 Å². The smallest absolute Gasteiger partial charge is 0.146 e. The Kier molecular flexibility index (Phi) is 5.87. The van der Waals surface area contributed by atoms with Crippen molar-refractivity contribution in [3.8, 4) is 0 Å². The third-order valence-corrected chi connectivity index (χ3v) is 5.87. The molecule has 2 nitrogen and oxygen atoms in total. The largest absolute Gasteiger partial charge is 0.236 e. The van der Waals surface area contributed by atoms with Gasteiger partial charge in [0, 0.05) is 5.92 Å². The van der Waals surface area contributed by atoms with Crippen LogP contribution in [0.15, 0.2) is 0 Å². The molecule has 0 saturated heterocycles. The van der Waals surface area contributed by atoms with Crippen LogP contribution in [0.5, 0.6) is 0 Å². The SMILES string of the molecule is CCCC1CCC(c2nc(Cl)c(I)c(CC)n2)CC1. The minimum atomic E-state index is 0.521. The van der Waals surface area contributed by atoms with Crippen LogP contribution in [-0.2, 0) is 6.42 Å². The van der Waals surface area contributed by atoms with E-state index in [4.69, 9.17) is 16.6 Å². The Hall–Kier alpha value is 0.1000. The second-order valence-electron chi connectivity index (χ2n) is 5.49. The summed E-state index contributed by atoms with van der Waals surface area (Å²) in [4.78, 5) is 9.27. The number of nitrogens with zero attached hydrogens (tertiary/aromatic N) is 2. The van der Waals surface area contributed by atoms with Crippen LogP contribution in [0.1, 0.15) is 69.8 Å². The Morgan fingerprint density at radius 3 is 2.42 bits per heavy atom. The van der Waals surface area contributed by atoms with Gasteiger partial charge in [0.25, 0.3) is 0 Å². The molecule has 0 bridgehead atoms. The molecule has 0 N–H and O–H groups in total. The van der Waals surface area contributed by atoms with Crippen molar-refractivity contribution in [2.45, 2.75) is 64.7 Å². The molecule has 106 valence electrons. The molecule has 1 aromatic heterocycles. The van der Waals surface area contributed by atoms with E-state index >= 15 is 0 Å². The minimum absolute atomic E-state index is 0.521.